The normalized spacial score (nSPS) is 14.8. The largest absolute Gasteiger partial charge is 0.490 e. The summed E-state index contributed by atoms with van der Waals surface area (Å²) in [7, 11) is 0. The van der Waals surface area contributed by atoms with Gasteiger partial charge in [-0.05, 0) is 31.0 Å². The molecule has 3 N–H and O–H groups in total. The molecule has 0 saturated heterocycles. The highest BCUT2D eigenvalue weighted by Crippen LogP contribution is 2.24. The molecule has 0 amide bonds. The van der Waals surface area contributed by atoms with Gasteiger partial charge in [0.05, 0.1) is 5.60 Å². The Labute approximate surface area is 108 Å². The number of benzene rings is 1. The minimum Gasteiger partial charge on any atom is -0.490 e. The molecule has 1 unspecified atom stereocenters. The molecule has 0 fully saturated rings. The molecule has 0 aromatic heterocycles. The van der Waals surface area contributed by atoms with E-state index in [1.54, 1.807) is 25.1 Å². The first kappa shape index (κ1) is 14.3. The van der Waals surface area contributed by atoms with Gasteiger partial charge in [0, 0.05) is 17.1 Å². The van der Waals surface area contributed by atoms with Gasteiger partial charge in [-0.25, -0.2) is 0 Å². The third-order valence-electron chi connectivity index (χ3n) is 3.01. The van der Waals surface area contributed by atoms with Crippen molar-refractivity contribution in [3.63, 3.8) is 0 Å². The summed E-state index contributed by atoms with van der Waals surface area (Å²) >= 11 is 5.88. The van der Waals surface area contributed by atoms with Gasteiger partial charge in [-0.3, -0.25) is 0 Å². The lowest BCUT2D eigenvalue weighted by molar-refractivity contribution is -0.0268. The first-order chi connectivity index (χ1) is 7.86. The minimum absolute atomic E-state index is 0.121. The summed E-state index contributed by atoms with van der Waals surface area (Å²) in [5.41, 5.74) is 5.61. The predicted molar refractivity (Wildman–Crippen MR) is 70.3 cm³/mol. The second-order valence-corrected chi connectivity index (χ2v) is 5.19. The van der Waals surface area contributed by atoms with Crippen molar-refractivity contribution in [3.8, 4) is 5.75 Å². The first-order valence-electron chi connectivity index (χ1n) is 5.70. The molecule has 0 aliphatic heterocycles. The molecular weight excluding hydrogens is 238 g/mol. The molecule has 0 aliphatic carbocycles. The molecule has 0 spiro atoms. The maximum absolute atomic E-state index is 10.1. The number of nitrogens with two attached hydrogens (primary N) is 1. The lowest BCUT2D eigenvalue weighted by Gasteiger charge is -2.28. The molecule has 96 valence electrons. The Morgan fingerprint density at radius 2 is 2.12 bits per heavy atom. The standard InChI is InChI=1S/C13H20ClNO2/c1-9(2)13(3,16)8-17-12-5-4-11(14)6-10(12)7-15/h4-6,9,16H,7-8,15H2,1-3H3. The van der Waals surface area contributed by atoms with E-state index in [1.807, 2.05) is 13.8 Å². The van der Waals surface area contributed by atoms with Crippen LogP contribution in [-0.4, -0.2) is 17.3 Å². The van der Waals surface area contributed by atoms with E-state index in [4.69, 9.17) is 22.1 Å². The smallest absolute Gasteiger partial charge is 0.124 e. The highest BCUT2D eigenvalue weighted by molar-refractivity contribution is 6.30. The van der Waals surface area contributed by atoms with Crippen molar-refractivity contribution in [3.05, 3.63) is 28.8 Å². The molecule has 4 heteroatoms. The fraction of sp³-hybridized carbons (Fsp3) is 0.538. The molecular formula is C13H20ClNO2. The lowest BCUT2D eigenvalue weighted by Crippen LogP contribution is -2.38. The maximum atomic E-state index is 10.1. The fourth-order valence-electron chi connectivity index (χ4n) is 1.24. The van der Waals surface area contributed by atoms with Gasteiger partial charge in [-0.2, -0.15) is 0 Å². The average Bonchev–Trinajstić information content (AvgIpc) is 2.27. The SMILES string of the molecule is CC(C)C(C)(O)COc1ccc(Cl)cc1CN. The Kier molecular flexibility index (Phi) is 4.80. The molecule has 3 nitrogen and oxygen atoms in total. The van der Waals surface area contributed by atoms with E-state index in [1.165, 1.54) is 0 Å². The molecule has 0 radical (unpaired) electrons. The van der Waals surface area contributed by atoms with Gasteiger partial charge in [-0.1, -0.05) is 25.4 Å². The van der Waals surface area contributed by atoms with Crippen LogP contribution in [0.2, 0.25) is 5.02 Å². The number of hydrogen-bond acceptors (Lipinski definition) is 3. The molecule has 17 heavy (non-hydrogen) atoms. The van der Waals surface area contributed by atoms with Gasteiger partial charge >= 0.3 is 0 Å². The van der Waals surface area contributed by atoms with Crippen molar-refractivity contribution < 1.29 is 9.84 Å². The predicted octanol–water partition coefficient (Wildman–Crippen LogP) is 2.58. The van der Waals surface area contributed by atoms with Crippen molar-refractivity contribution in [2.24, 2.45) is 11.7 Å². The molecule has 1 aromatic carbocycles. The average molecular weight is 258 g/mol. The second kappa shape index (κ2) is 5.71. The van der Waals surface area contributed by atoms with Crippen LogP contribution in [0, 0.1) is 5.92 Å². The van der Waals surface area contributed by atoms with Gasteiger partial charge in [0.1, 0.15) is 12.4 Å². The number of ether oxygens (including phenoxy) is 1. The van der Waals surface area contributed by atoms with Crippen LogP contribution in [0.15, 0.2) is 18.2 Å². The highest BCUT2D eigenvalue weighted by atomic mass is 35.5. The van der Waals surface area contributed by atoms with Gasteiger partial charge in [-0.15, -0.1) is 0 Å². The lowest BCUT2D eigenvalue weighted by atomic mass is 9.94. The Morgan fingerprint density at radius 3 is 2.65 bits per heavy atom. The van der Waals surface area contributed by atoms with Crippen LogP contribution in [-0.2, 0) is 6.54 Å². The summed E-state index contributed by atoms with van der Waals surface area (Å²) in [5, 5.41) is 10.7. The van der Waals surface area contributed by atoms with Crippen molar-refractivity contribution in [1.82, 2.24) is 0 Å². The molecule has 0 aliphatic rings. The van der Waals surface area contributed by atoms with E-state index in [9.17, 15) is 5.11 Å². The van der Waals surface area contributed by atoms with Crippen molar-refractivity contribution in [2.45, 2.75) is 32.9 Å². The monoisotopic (exact) mass is 257 g/mol. The topological polar surface area (TPSA) is 55.5 Å². The summed E-state index contributed by atoms with van der Waals surface area (Å²) in [6, 6.07) is 5.31. The van der Waals surface area contributed by atoms with Gasteiger partial charge in [0.2, 0.25) is 0 Å². The van der Waals surface area contributed by atoms with E-state index >= 15 is 0 Å². The van der Waals surface area contributed by atoms with E-state index < -0.39 is 5.60 Å². The maximum Gasteiger partial charge on any atom is 0.124 e. The van der Waals surface area contributed by atoms with Crippen molar-refractivity contribution in [1.29, 1.82) is 0 Å². The van der Waals surface area contributed by atoms with Gasteiger partial charge in [0.15, 0.2) is 0 Å². The fourth-order valence-corrected chi connectivity index (χ4v) is 1.43. The van der Waals surface area contributed by atoms with E-state index in [0.29, 0.717) is 17.3 Å². The Hall–Kier alpha value is -0.770. The second-order valence-electron chi connectivity index (χ2n) is 4.76. The van der Waals surface area contributed by atoms with Crippen LogP contribution >= 0.6 is 11.6 Å². The van der Waals surface area contributed by atoms with Gasteiger partial charge < -0.3 is 15.6 Å². The summed E-state index contributed by atoms with van der Waals surface area (Å²) in [6.45, 7) is 6.26. The first-order valence-corrected chi connectivity index (χ1v) is 6.08. The molecule has 0 heterocycles. The van der Waals surface area contributed by atoms with Crippen LogP contribution in [0.5, 0.6) is 5.75 Å². The molecule has 0 saturated carbocycles. The molecule has 1 aromatic rings. The Balaban J connectivity index is 2.76. The number of aliphatic hydroxyl groups is 1. The van der Waals surface area contributed by atoms with Gasteiger partial charge in [0.25, 0.3) is 0 Å². The summed E-state index contributed by atoms with van der Waals surface area (Å²) in [6.07, 6.45) is 0. The summed E-state index contributed by atoms with van der Waals surface area (Å²) in [4.78, 5) is 0. The molecule has 1 atom stereocenters. The highest BCUT2D eigenvalue weighted by Gasteiger charge is 2.26. The van der Waals surface area contributed by atoms with E-state index in [2.05, 4.69) is 0 Å². The summed E-state index contributed by atoms with van der Waals surface area (Å²) < 4.78 is 5.62. The van der Waals surface area contributed by atoms with Crippen LogP contribution in [0.4, 0.5) is 0 Å². The third kappa shape index (κ3) is 3.87. The quantitative estimate of drug-likeness (QED) is 0.853. The van der Waals surface area contributed by atoms with E-state index in [-0.39, 0.29) is 12.5 Å². The number of hydrogen-bond donors (Lipinski definition) is 2. The van der Waals surface area contributed by atoms with Crippen molar-refractivity contribution >= 4 is 11.6 Å². The minimum atomic E-state index is -0.856. The Bertz CT molecular complexity index is 378. The van der Waals surface area contributed by atoms with E-state index in [0.717, 1.165) is 5.56 Å². The number of rotatable bonds is 5. The molecule has 1 rings (SSSR count). The zero-order chi connectivity index (χ0) is 13.1. The Morgan fingerprint density at radius 1 is 1.47 bits per heavy atom. The molecule has 0 bridgehead atoms. The number of halogens is 1. The summed E-state index contributed by atoms with van der Waals surface area (Å²) in [5.74, 6) is 0.800. The van der Waals surface area contributed by atoms with Crippen LogP contribution in [0.1, 0.15) is 26.3 Å². The zero-order valence-corrected chi connectivity index (χ0v) is 11.3. The third-order valence-corrected chi connectivity index (χ3v) is 3.24. The van der Waals surface area contributed by atoms with Crippen LogP contribution < -0.4 is 10.5 Å². The van der Waals surface area contributed by atoms with Crippen molar-refractivity contribution in [2.75, 3.05) is 6.61 Å². The zero-order valence-electron chi connectivity index (χ0n) is 10.5. The van der Waals surface area contributed by atoms with Crippen LogP contribution in [0.25, 0.3) is 0 Å². The van der Waals surface area contributed by atoms with Crippen LogP contribution in [0.3, 0.4) is 0 Å².